The molecule has 2 rings (SSSR count). The van der Waals surface area contributed by atoms with Crippen molar-refractivity contribution in [3.63, 3.8) is 0 Å². The molecule has 1 nitrogen and oxygen atoms in total. The number of benzene rings is 1. The van der Waals surface area contributed by atoms with E-state index in [4.69, 9.17) is 0 Å². The third-order valence-corrected chi connectivity index (χ3v) is 3.37. The van der Waals surface area contributed by atoms with Gasteiger partial charge in [0, 0.05) is 11.6 Å². The van der Waals surface area contributed by atoms with Crippen molar-refractivity contribution in [2.45, 2.75) is 27.2 Å². The van der Waals surface area contributed by atoms with Crippen molar-refractivity contribution in [2.75, 3.05) is 0 Å². The Hall–Kier alpha value is -0.890. The van der Waals surface area contributed by atoms with Gasteiger partial charge in [0.1, 0.15) is 0 Å². The van der Waals surface area contributed by atoms with Crippen LogP contribution in [-0.2, 0) is 6.42 Å². The first-order chi connectivity index (χ1) is 6.68. The van der Waals surface area contributed by atoms with Gasteiger partial charge in [-0.1, -0.05) is 26.0 Å². The Morgan fingerprint density at radius 3 is 2.86 bits per heavy atom. The fraction of sp³-hybridized carbons (Fsp3) is 0.417. The smallest absolute Gasteiger partial charge is 0.0581 e. The van der Waals surface area contributed by atoms with Gasteiger partial charge in [0.25, 0.3) is 0 Å². The molecule has 0 aliphatic rings. The minimum atomic E-state index is 0.709. The average Bonchev–Trinajstić information content (AvgIpc) is 2.58. The zero-order valence-corrected chi connectivity index (χ0v) is 9.69. The highest BCUT2D eigenvalue weighted by atomic mass is 32.1. The van der Waals surface area contributed by atoms with Crippen LogP contribution in [0.15, 0.2) is 18.3 Å². The molecular weight excluding hydrogens is 190 g/mol. The van der Waals surface area contributed by atoms with E-state index in [0.717, 1.165) is 6.42 Å². The van der Waals surface area contributed by atoms with Crippen LogP contribution in [0.2, 0.25) is 0 Å². The highest BCUT2D eigenvalue weighted by Gasteiger charge is 2.06. The highest BCUT2D eigenvalue weighted by Crippen LogP contribution is 2.27. The van der Waals surface area contributed by atoms with Crippen molar-refractivity contribution >= 4 is 21.6 Å². The van der Waals surface area contributed by atoms with Crippen LogP contribution in [0.5, 0.6) is 0 Å². The highest BCUT2D eigenvalue weighted by molar-refractivity contribution is 7.13. The van der Waals surface area contributed by atoms with Crippen molar-refractivity contribution in [3.8, 4) is 0 Å². The van der Waals surface area contributed by atoms with Crippen molar-refractivity contribution in [1.29, 1.82) is 0 Å². The molecule has 1 aromatic carbocycles. The van der Waals surface area contributed by atoms with E-state index in [2.05, 4.69) is 37.3 Å². The van der Waals surface area contributed by atoms with Crippen LogP contribution in [0.25, 0.3) is 10.1 Å². The summed E-state index contributed by atoms with van der Waals surface area (Å²) in [5, 5.41) is 1.35. The van der Waals surface area contributed by atoms with Crippen LogP contribution < -0.4 is 0 Å². The van der Waals surface area contributed by atoms with Gasteiger partial charge in [-0.15, -0.1) is 0 Å². The molecule has 0 saturated carbocycles. The molecule has 0 spiro atoms. The van der Waals surface area contributed by atoms with Crippen LogP contribution in [0.4, 0.5) is 0 Å². The second-order valence-electron chi connectivity index (χ2n) is 4.21. The normalized spacial score (nSPS) is 11.4. The summed E-state index contributed by atoms with van der Waals surface area (Å²) in [7, 11) is 0. The number of rotatable bonds is 2. The maximum atomic E-state index is 4.27. The number of hydrogen-bond acceptors (Lipinski definition) is 2. The lowest BCUT2D eigenvalue weighted by atomic mass is 9.99. The van der Waals surface area contributed by atoms with Crippen LogP contribution >= 0.6 is 11.5 Å². The maximum Gasteiger partial charge on any atom is 0.0581 e. The van der Waals surface area contributed by atoms with E-state index < -0.39 is 0 Å². The van der Waals surface area contributed by atoms with Gasteiger partial charge < -0.3 is 0 Å². The van der Waals surface area contributed by atoms with E-state index in [1.165, 1.54) is 21.2 Å². The average molecular weight is 205 g/mol. The lowest BCUT2D eigenvalue weighted by Gasteiger charge is -2.06. The second kappa shape index (κ2) is 3.70. The molecule has 74 valence electrons. The third-order valence-electron chi connectivity index (χ3n) is 2.44. The summed E-state index contributed by atoms with van der Waals surface area (Å²) in [5.41, 5.74) is 2.78. The molecule has 0 bridgehead atoms. The monoisotopic (exact) mass is 205 g/mol. The van der Waals surface area contributed by atoms with E-state index in [0.29, 0.717) is 5.92 Å². The number of fused-ring (bicyclic) bond motifs is 1. The van der Waals surface area contributed by atoms with Crippen molar-refractivity contribution in [1.82, 2.24) is 4.37 Å². The first-order valence-electron chi connectivity index (χ1n) is 5.01. The number of hydrogen-bond donors (Lipinski definition) is 0. The van der Waals surface area contributed by atoms with E-state index in [-0.39, 0.29) is 0 Å². The van der Waals surface area contributed by atoms with E-state index >= 15 is 0 Å². The Morgan fingerprint density at radius 2 is 2.14 bits per heavy atom. The van der Waals surface area contributed by atoms with Crippen LogP contribution in [0, 0.1) is 12.8 Å². The van der Waals surface area contributed by atoms with Crippen LogP contribution in [0.3, 0.4) is 0 Å². The summed E-state index contributed by atoms with van der Waals surface area (Å²) in [6, 6.07) is 4.45. The molecule has 1 aromatic heterocycles. The first kappa shape index (κ1) is 9.66. The maximum absolute atomic E-state index is 4.27. The Balaban J connectivity index is 2.55. The summed E-state index contributed by atoms with van der Waals surface area (Å²) >= 11 is 1.61. The van der Waals surface area contributed by atoms with Crippen molar-refractivity contribution in [2.24, 2.45) is 5.92 Å². The lowest BCUT2D eigenvalue weighted by molar-refractivity contribution is 0.650. The molecule has 0 fully saturated rings. The van der Waals surface area contributed by atoms with Gasteiger partial charge in [-0.2, -0.15) is 4.37 Å². The minimum Gasteiger partial charge on any atom is -0.200 e. The summed E-state index contributed by atoms with van der Waals surface area (Å²) in [4.78, 5) is 0. The number of aromatic nitrogens is 1. The molecule has 0 unspecified atom stereocenters. The summed E-state index contributed by atoms with van der Waals surface area (Å²) in [6.45, 7) is 6.66. The van der Waals surface area contributed by atoms with E-state index in [1.807, 2.05) is 6.20 Å². The Labute approximate surface area is 88.9 Å². The number of nitrogens with zero attached hydrogens (tertiary/aromatic N) is 1. The predicted molar refractivity (Wildman–Crippen MR) is 62.9 cm³/mol. The topological polar surface area (TPSA) is 12.9 Å². The molecule has 0 N–H and O–H groups in total. The Bertz CT molecular complexity index is 443. The number of aryl methyl sites for hydroxylation is 1. The summed E-state index contributed by atoms with van der Waals surface area (Å²) in [5.74, 6) is 0.709. The molecule has 2 heteroatoms. The van der Waals surface area contributed by atoms with Gasteiger partial charge in [-0.3, -0.25) is 0 Å². The van der Waals surface area contributed by atoms with Crippen LogP contribution in [-0.4, -0.2) is 4.37 Å². The van der Waals surface area contributed by atoms with Gasteiger partial charge in [-0.25, -0.2) is 0 Å². The molecule has 0 aliphatic carbocycles. The van der Waals surface area contributed by atoms with Crippen molar-refractivity contribution < 1.29 is 0 Å². The standard InChI is InChI=1S/C12H15NS/c1-8(2)6-10-5-4-9(3)12-11(10)7-13-14-12/h4-5,7-8H,6H2,1-3H3. The largest absolute Gasteiger partial charge is 0.200 e. The van der Waals surface area contributed by atoms with Crippen LogP contribution in [0.1, 0.15) is 25.0 Å². The quantitative estimate of drug-likeness (QED) is 0.726. The molecule has 1 heterocycles. The minimum absolute atomic E-state index is 0.709. The molecule has 14 heavy (non-hydrogen) atoms. The summed E-state index contributed by atoms with van der Waals surface area (Å²) < 4.78 is 5.62. The van der Waals surface area contributed by atoms with E-state index in [9.17, 15) is 0 Å². The molecule has 0 atom stereocenters. The molecular formula is C12H15NS. The third kappa shape index (κ3) is 1.67. The predicted octanol–water partition coefficient (Wildman–Crippen LogP) is 3.80. The lowest BCUT2D eigenvalue weighted by Crippen LogP contribution is -1.94. The molecule has 0 saturated heterocycles. The SMILES string of the molecule is Cc1ccc(CC(C)C)c2cnsc12. The molecule has 0 radical (unpaired) electrons. The molecule has 2 aromatic rings. The zero-order chi connectivity index (χ0) is 10.1. The van der Waals surface area contributed by atoms with Gasteiger partial charge in [-0.05, 0) is 41.9 Å². The molecule has 0 aliphatic heterocycles. The molecule has 0 amide bonds. The van der Waals surface area contributed by atoms with Gasteiger partial charge in [0.05, 0.1) is 4.70 Å². The fourth-order valence-electron chi connectivity index (χ4n) is 1.76. The first-order valence-corrected chi connectivity index (χ1v) is 5.78. The van der Waals surface area contributed by atoms with Crippen molar-refractivity contribution in [3.05, 3.63) is 29.5 Å². The summed E-state index contributed by atoms with van der Waals surface area (Å²) in [6.07, 6.45) is 3.15. The van der Waals surface area contributed by atoms with E-state index in [1.54, 1.807) is 11.5 Å². The van der Waals surface area contributed by atoms with Gasteiger partial charge in [0.15, 0.2) is 0 Å². The second-order valence-corrected chi connectivity index (χ2v) is 5.01. The fourth-order valence-corrected chi connectivity index (χ4v) is 2.52. The van der Waals surface area contributed by atoms with Gasteiger partial charge in [0.2, 0.25) is 0 Å². The van der Waals surface area contributed by atoms with Gasteiger partial charge >= 0.3 is 0 Å². The Morgan fingerprint density at radius 1 is 1.36 bits per heavy atom. The zero-order valence-electron chi connectivity index (χ0n) is 8.87. The Kier molecular flexibility index (Phi) is 2.55.